The Morgan fingerprint density at radius 1 is 1.62 bits per heavy atom. The summed E-state index contributed by atoms with van der Waals surface area (Å²) in [7, 11) is 0. The Labute approximate surface area is 98.7 Å². The zero-order valence-electron chi connectivity index (χ0n) is 10.8. The molecule has 0 bridgehead atoms. The third-order valence-corrected chi connectivity index (χ3v) is 3.44. The molecule has 0 amide bonds. The first kappa shape index (κ1) is 13.5. The summed E-state index contributed by atoms with van der Waals surface area (Å²) in [6.45, 7) is 6.19. The molecule has 0 heterocycles. The van der Waals surface area contributed by atoms with Crippen molar-refractivity contribution in [3.63, 3.8) is 0 Å². The molecule has 0 aliphatic heterocycles. The number of hydrogen-bond donors (Lipinski definition) is 1. The average Bonchev–Trinajstić information content (AvgIpc) is 2.17. The van der Waals surface area contributed by atoms with Crippen LogP contribution in [0.3, 0.4) is 0 Å². The SMILES string of the molecule is CCCC(C)OC(=O)C1(N)CCCC(C)C1. The summed E-state index contributed by atoms with van der Waals surface area (Å²) in [5.41, 5.74) is 5.44. The summed E-state index contributed by atoms with van der Waals surface area (Å²) < 4.78 is 5.42. The molecule has 3 unspecified atom stereocenters. The van der Waals surface area contributed by atoms with Gasteiger partial charge in [0.15, 0.2) is 0 Å². The number of carbonyl (C=O) groups is 1. The monoisotopic (exact) mass is 227 g/mol. The van der Waals surface area contributed by atoms with Crippen molar-refractivity contribution in [2.45, 2.75) is 70.9 Å². The largest absolute Gasteiger partial charge is 0.461 e. The number of carbonyl (C=O) groups excluding carboxylic acids is 1. The number of hydrogen-bond acceptors (Lipinski definition) is 3. The Balaban J connectivity index is 2.51. The fourth-order valence-corrected chi connectivity index (χ4v) is 2.54. The maximum atomic E-state index is 12.0. The van der Waals surface area contributed by atoms with Gasteiger partial charge in [-0.3, -0.25) is 4.79 Å². The lowest BCUT2D eigenvalue weighted by atomic mass is 9.77. The Morgan fingerprint density at radius 2 is 2.31 bits per heavy atom. The highest BCUT2D eigenvalue weighted by molar-refractivity contribution is 5.80. The molecular formula is C13H25NO2. The highest BCUT2D eigenvalue weighted by atomic mass is 16.5. The van der Waals surface area contributed by atoms with Gasteiger partial charge < -0.3 is 10.5 Å². The molecule has 0 spiro atoms. The quantitative estimate of drug-likeness (QED) is 0.751. The third-order valence-electron chi connectivity index (χ3n) is 3.44. The second-order valence-electron chi connectivity index (χ2n) is 5.36. The summed E-state index contributed by atoms with van der Waals surface area (Å²) in [5, 5.41) is 0. The van der Waals surface area contributed by atoms with E-state index in [4.69, 9.17) is 10.5 Å². The Hall–Kier alpha value is -0.570. The Morgan fingerprint density at radius 3 is 2.88 bits per heavy atom. The van der Waals surface area contributed by atoms with Crippen LogP contribution in [0, 0.1) is 5.92 Å². The lowest BCUT2D eigenvalue weighted by Gasteiger charge is -2.35. The minimum atomic E-state index is -0.723. The zero-order chi connectivity index (χ0) is 12.2. The normalized spacial score (nSPS) is 32.1. The Kier molecular flexibility index (Phi) is 4.78. The van der Waals surface area contributed by atoms with Gasteiger partial charge in [-0.15, -0.1) is 0 Å². The molecule has 16 heavy (non-hydrogen) atoms. The molecule has 0 saturated heterocycles. The standard InChI is InChI=1S/C13H25NO2/c1-4-6-11(3)16-12(15)13(14)8-5-7-10(2)9-13/h10-11H,4-9,14H2,1-3H3. The average molecular weight is 227 g/mol. The summed E-state index contributed by atoms with van der Waals surface area (Å²) >= 11 is 0. The minimum absolute atomic E-state index is 0.00448. The minimum Gasteiger partial charge on any atom is -0.461 e. The van der Waals surface area contributed by atoms with Crippen LogP contribution in [0.15, 0.2) is 0 Å². The first-order chi connectivity index (χ1) is 7.48. The lowest BCUT2D eigenvalue weighted by Crippen LogP contribution is -2.52. The zero-order valence-corrected chi connectivity index (χ0v) is 10.8. The fourth-order valence-electron chi connectivity index (χ4n) is 2.54. The molecule has 3 heteroatoms. The molecule has 0 aromatic heterocycles. The summed E-state index contributed by atoms with van der Waals surface area (Å²) in [5.74, 6) is 0.341. The second kappa shape index (κ2) is 5.67. The third kappa shape index (κ3) is 3.48. The van der Waals surface area contributed by atoms with E-state index in [9.17, 15) is 4.79 Å². The van der Waals surface area contributed by atoms with Gasteiger partial charge >= 0.3 is 5.97 Å². The van der Waals surface area contributed by atoms with Crippen molar-refractivity contribution in [1.82, 2.24) is 0 Å². The van der Waals surface area contributed by atoms with Gasteiger partial charge in [-0.2, -0.15) is 0 Å². The highest BCUT2D eigenvalue weighted by Gasteiger charge is 2.39. The molecule has 0 aromatic rings. The van der Waals surface area contributed by atoms with Crippen LogP contribution in [0.1, 0.15) is 59.3 Å². The molecule has 1 aliphatic carbocycles. The van der Waals surface area contributed by atoms with Crippen molar-refractivity contribution in [3.05, 3.63) is 0 Å². The van der Waals surface area contributed by atoms with Crippen molar-refractivity contribution in [2.24, 2.45) is 11.7 Å². The topological polar surface area (TPSA) is 52.3 Å². The van der Waals surface area contributed by atoms with Crippen LogP contribution < -0.4 is 5.73 Å². The van der Waals surface area contributed by atoms with Crippen molar-refractivity contribution < 1.29 is 9.53 Å². The van der Waals surface area contributed by atoms with E-state index < -0.39 is 5.54 Å². The predicted molar refractivity (Wildman–Crippen MR) is 65.0 cm³/mol. The van der Waals surface area contributed by atoms with E-state index in [2.05, 4.69) is 13.8 Å². The molecule has 1 aliphatic rings. The van der Waals surface area contributed by atoms with E-state index in [0.29, 0.717) is 5.92 Å². The molecule has 1 rings (SSSR count). The van der Waals surface area contributed by atoms with Gasteiger partial charge in [0.2, 0.25) is 0 Å². The lowest BCUT2D eigenvalue weighted by molar-refractivity contribution is -0.157. The van der Waals surface area contributed by atoms with E-state index in [1.807, 2.05) is 6.92 Å². The molecule has 1 saturated carbocycles. The number of ether oxygens (including phenoxy) is 1. The van der Waals surface area contributed by atoms with E-state index in [1.165, 1.54) is 6.42 Å². The van der Waals surface area contributed by atoms with Gasteiger partial charge in [-0.1, -0.05) is 33.1 Å². The molecule has 1 fully saturated rings. The number of esters is 1. The molecule has 3 nitrogen and oxygen atoms in total. The molecule has 2 N–H and O–H groups in total. The van der Waals surface area contributed by atoms with Gasteiger partial charge in [0.05, 0.1) is 6.10 Å². The van der Waals surface area contributed by atoms with Crippen LogP contribution in [0.2, 0.25) is 0 Å². The van der Waals surface area contributed by atoms with E-state index in [1.54, 1.807) is 0 Å². The number of nitrogens with two attached hydrogens (primary N) is 1. The van der Waals surface area contributed by atoms with Crippen LogP contribution in [0.25, 0.3) is 0 Å². The summed E-state index contributed by atoms with van der Waals surface area (Å²) in [4.78, 5) is 12.0. The van der Waals surface area contributed by atoms with E-state index in [-0.39, 0.29) is 12.1 Å². The van der Waals surface area contributed by atoms with E-state index in [0.717, 1.165) is 32.1 Å². The van der Waals surface area contributed by atoms with Crippen molar-refractivity contribution in [3.8, 4) is 0 Å². The smallest absolute Gasteiger partial charge is 0.326 e. The maximum Gasteiger partial charge on any atom is 0.326 e. The molecule has 0 aromatic carbocycles. The second-order valence-corrected chi connectivity index (χ2v) is 5.36. The molecule has 0 radical (unpaired) electrons. The highest BCUT2D eigenvalue weighted by Crippen LogP contribution is 2.31. The van der Waals surface area contributed by atoms with Gasteiger partial charge in [0, 0.05) is 0 Å². The molecule has 3 atom stereocenters. The van der Waals surface area contributed by atoms with Crippen molar-refractivity contribution in [1.29, 1.82) is 0 Å². The van der Waals surface area contributed by atoms with Crippen molar-refractivity contribution in [2.75, 3.05) is 0 Å². The predicted octanol–water partition coefficient (Wildman–Crippen LogP) is 2.63. The first-order valence-corrected chi connectivity index (χ1v) is 6.48. The fraction of sp³-hybridized carbons (Fsp3) is 0.923. The van der Waals surface area contributed by atoms with Gasteiger partial charge in [0.1, 0.15) is 5.54 Å². The number of rotatable bonds is 4. The van der Waals surface area contributed by atoms with Crippen LogP contribution >= 0.6 is 0 Å². The maximum absolute atomic E-state index is 12.0. The Bertz CT molecular complexity index is 242. The summed E-state index contributed by atoms with van der Waals surface area (Å²) in [6.07, 6.45) is 5.70. The van der Waals surface area contributed by atoms with Gasteiger partial charge in [0.25, 0.3) is 0 Å². The van der Waals surface area contributed by atoms with Gasteiger partial charge in [-0.05, 0) is 32.1 Å². The van der Waals surface area contributed by atoms with Crippen LogP contribution in [-0.2, 0) is 9.53 Å². The van der Waals surface area contributed by atoms with Gasteiger partial charge in [-0.25, -0.2) is 0 Å². The van der Waals surface area contributed by atoms with Crippen LogP contribution in [-0.4, -0.2) is 17.6 Å². The van der Waals surface area contributed by atoms with Crippen LogP contribution in [0.4, 0.5) is 0 Å². The van der Waals surface area contributed by atoms with Crippen LogP contribution in [0.5, 0.6) is 0 Å². The van der Waals surface area contributed by atoms with Crippen molar-refractivity contribution >= 4 is 5.97 Å². The van der Waals surface area contributed by atoms with E-state index >= 15 is 0 Å². The first-order valence-electron chi connectivity index (χ1n) is 6.48. The molecular weight excluding hydrogens is 202 g/mol. The molecule has 94 valence electrons. The summed E-state index contributed by atoms with van der Waals surface area (Å²) in [6, 6.07) is 0.